The van der Waals surface area contributed by atoms with Crippen molar-refractivity contribution in [2.75, 3.05) is 13.2 Å². The highest BCUT2D eigenvalue weighted by Crippen LogP contribution is 2.44. The molecule has 2 aromatic rings. The lowest BCUT2D eigenvalue weighted by Gasteiger charge is -2.37. The fourth-order valence-corrected chi connectivity index (χ4v) is 5.00. The molecule has 0 bridgehead atoms. The second-order valence-corrected chi connectivity index (χ2v) is 8.71. The van der Waals surface area contributed by atoms with Crippen molar-refractivity contribution in [1.29, 1.82) is 0 Å². The lowest BCUT2D eigenvalue weighted by Crippen LogP contribution is -2.53. The van der Waals surface area contributed by atoms with Gasteiger partial charge in [0, 0.05) is 24.9 Å². The Hall–Kier alpha value is -3.79. The molecule has 34 heavy (non-hydrogen) atoms. The zero-order valence-corrected chi connectivity index (χ0v) is 18.9. The predicted molar refractivity (Wildman–Crippen MR) is 127 cm³/mol. The van der Waals surface area contributed by atoms with E-state index in [1.165, 1.54) is 0 Å². The van der Waals surface area contributed by atoms with Gasteiger partial charge in [0.2, 0.25) is 5.91 Å². The van der Waals surface area contributed by atoms with E-state index >= 15 is 0 Å². The average Bonchev–Trinajstić information content (AvgIpc) is 3.16. The fourth-order valence-electron chi connectivity index (χ4n) is 5.00. The Labute approximate surface area is 199 Å². The van der Waals surface area contributed by atoms with Crippen LogP contribution in [0.15, 0.2) is 48.5 Å². The first-order valence-electron chi connectivity index (χ1n) is 11.6. The Kier molecular flexibility index (Phi) is 7.17. The van der Waals surface area contributed by atoms with Crippen molar-refractivity contribution >= 4 is 18.0 Å². The third-order valence-corrected chi connectivity index (χ3v) is 6.58. The molecule has 176 valence electrons. The maximum atomic E-state index is 13.2. The summed E-state index contributed by atoms with van der Waals surface area (Å²) in [6, 6.07) is 14.7. The first-order chi connectivity index (χ1) is 16.5. The lowest BCUT2D eigenvalue weighted by atomic mass is 9.98. The molecule has 2 N–H and O–H groups in total. The largest absolute Gasteiger partial charge is 0.481 e. The molecule has 2 atom stereocenters. The molecule has 2 aliphatic rings. The van der Waals surface area contributed by atoms with E-state index in [4.69, 9.17) is 11.2 Å². The van der Waals surface area contributed by atoms with Crippen LogP contribution in [0.5, 0.6) is 0 Å². The minimum Gasteiger partial charge on any atom is -0.481 e. The van der Waals surface area contributed by atoms with E-state index in [2.05, 4.69) is 23.4 Å². The zero-order chi connectivity index (χ0) is 24.1. The van der Waals surface area contributed by atoms with E-state index < -0.39 is 24.1 Å². The van der Waals surface area contributed by atoms with E-state index in [0.717, 1.165) is 35.1 Å². The molecule has 4 rings (SSSR count). The highest BCUT2D eigenvalue weighted by atomic mass is 16.5. The molecule has 0 radical (unpaired) electrons. The van der Waals surface area contributed by atoms with Gasteiger partial charge in [-0.05, 0) is 41.5 Å². The van der Waals surface area contributed by atoms with Crippen molar-refractivity contribution < 1.29 is 24.2 Å². The summed E-state index contributed by atoms with van der Waals surface area (Å²) < 4.78 is 5.56. The van der Waals surface area contributed by atoms with Crippen LogP contribution in [0.4, 0.5) is 4.79 Å². The van der Waals surface area contributed by atoms with E-state index in [9.17, 15) is 19.5 Å². The van der Waals surface area contributed by atoms with Crippen molar-refractivity contribution in [2.45, 2.75) is 50.1 Å². The van der Waals surface area contributed by atoms with Gasteiger partial charge in [0.05, 0.1) is 6.42 Å². The topological polar surface area (TPSA) is 95.9 Å². The number of nitrogens with zero attached hydrogens (tertiary/aromatic N) is 1. The van der Waals surface area contributed by atoms with Gasteiger partial charge >= 0.3 is 12.1 Å². The smallest absolute Gasteiger partial charge is 0.407 e. The minimum absolute atomic E-state index is 0.000674. The summed E-state index contributed by atoms with van der Waals surface area (Å²) in [7, 11) is 0. The molecule has 0 aromatic heterocycles. The van der Waals surface area contributed by atoms with Crippen LogP contribution in [-0.4, -0.2) is 53.2 Å². The number of carboxylic acid groups (broad SMARTS) is 1. The highest BCUT2D eigenvalue weighted by Gasteiger charge is 2.34. The van der Waals surface area contributed by atoms with Gasteiger partial charge in [0.15, 0.2) is 0 Å². The van der Waals surface area contributed by atoms with E-state index in [0.29, 0.717) is 13.0 Å². The molecule has 1 saturated heterocycles. The Balaban J connectivity index is 1.42. The third-order valence-electron chi connectivity index (χ3n) is 6.58. The van der Waals surface area contributed by atoms with Crippen LogP contribution in [-0.2, 0) is 14.3 Å². The Bertz CT molecular complexity index is 1080. The van der Waals surface area contributed by atoms with Crippen LogP contribution in [0, 0.1) is 12.3 Å². The molecule has 1 aliphatic heterocycles. The molecule has 7 nitrogen and oxygen atoms in total. The molecule has 1 heterocycles. The maximum absolute atomic E-state index is 13.2. The number of fused-ring (bicyclic) bond motifs is 3. The number of alkyl carbamates (subject to hydrolysis) is 1. The normalized spacial score (nSPS) is 17.7. The standard InChI is InChI=1S/C27H28N2O5/c1-2-9-24(26(32)29-15-8-7-10-18(29)16-25(30)31)28-27(33)34-17-23-21-13-5-3-11-19(21)20-12-4-6-14-22(20)23/h1,3-6,11-14,18,23-24H,7-10,15-17H2,(H,28,33)(H,30,31)/t18-,24?/m1/s1. The summed E-state index contributed by atoms with van der Waals surface area (Å²) >= 11 is 0. The number of carbonyl (C=O) groups excluding carboxylic acids is 2. The van der Waals surface area contributed by atoms with Gasteiger partial charge < -0.3 is 20.1 Å². The molecule has 0 saturated carbocycles. The molecule has 1 unspecified atom stereocenters. The number of hydrogen-bond donors (Lipinski definition) is 2. The number of carboxylic acids is 1. The summed E-state index contributed by atoms with van der Waals surface area (Å²) in [4.78, 5) is 38.6. The molecular formula is C27H28N2O5. The van der Waals surface area contributed by atoms with Crippen molar-refractivity contribution in [3.8, 4) is 23.5 Å². The lowest BCUT2D eigenvalue weighted by molar-refractivity contribution is -0.142. The number of benzene rings is 2. The fraction of sp³-hybridized carbons (Fsp3) is 0.370. The number of rotatable bonds is 7. The van der Waals surface area contributed by atoms with Gasteiger partial charge in [0.25, 0.3) is 0 Å². The number of nitrogens with one attached hydrogen (secondary N) is 1. The van der Waals surface area contributed by atoms with Gasteiger partial charge in [-0.1, -0.05) is 48.5 Å². The molecular weight excluding hydrogens is 432 g/mol. The number of ether oxygens (including phenoxy) is 1. The van der Waals surface area contributed by atoms with Crippen LogP contribution in [0.1, 0.15) is 49.1 Å². The number of hydrogen-bond acceptors (Lipinski definition) is 4. The molecule has 2 amide bonds. The first-order valence-corrected chi connectivity index (χ1v) is 11.6. The predicted octanol–water partition coefficient (Wildman–Crippen LogP) is 3.77. The Morgan fingerprint density at radius 2 is 1.74 bits per heavy atom. The molecule has 0 spiro atoms. The SMILES string of the molecule is C#CCC(NC(=O)OCC1c2ccccc2-c2ccccc21)C(=O)N1CCCC[C@@H]1CC(=O)O. The molecule has 1 aliphatic carbocycles. The summed E-state index contributed by atoms with van der Waals surface area (Å²) in [6.07, 6.45) is 6.88. The van der Waals surface area contributed by atoms with Gasteiger partial charge in [-0.25, -0.2) is 4.79 Å². The van der Waals surface area contributed by atoms with Crippen LogP contribution in [0.2, 0.25) is 0 Å². The van der Waals surface area contributed by atoms with Crippen molar-refractivity contribution in [1.82, 2.24) is 10.2 Å². The molecule has 1 fully saturated rings. The number of amides is 2. The highest BCUT2D eigenvalue weighted by molar-refractivity contribution is 5.87. The zero-order valence-electron chi connectivity index (χ0n) is 18.9. The van der Waals surface area contributed by atoms with Gasteiger partial charge in [-0.15, -0.1) is 12.3 Å². The van der Waals surface area contributed by atoms with E-state index in [1.807, 2.05) is 36.4 Å². The van der Waals surface area contributed by atoms with Crippen LogP contribution >= 0.6 is 0 Å². The van der Waals surface area contributed by atoms with Crippen LogP contribution in [0.3, 0.4) is 0 Å². The number of piperidine rings is 1. The Morgan fingerprint density at radius 1 is 1.09 bits per heavy atom. The third kappa shape index (κ3) is 4.91. The number of carbonyl (C=O) groups is 3. The maximum Gasteiger partial charge on any atom is 0.407 e. The van der Waals surface area contributed by atoms with Crippen LogP contribution in [0.25, 0.3) is 11.1 Å². The average molecular weight is 461 g/mol. The quantitative estimate of drug-likeness (QED) is 0.613. The van der Waals surface area contributed by atoms with Crippen molar-refractivity contribution in [3.05, 3.63) is 59.7 Å². The molecule has 7 heteroatoms. The van der Waals surface area contributed by atoms with Crippen molar-refractivity contribution in [2.24, 2.45) is 0 Å². The van der Waals surface area contributed by atoms with E-state index in [1.54, 1.807) is 4.90 Å². The van der Waals surface area contributed by atoms with Crippen molar-refractivity contribution in [3.63, 3.8) is 0 Å². The van der Waals surface area contributed by atoms with Gasteiger partial charge in [-0.3, -0.25) is 9.59 Å². The summed E-state index contributed by atoms with van der Waals surface area (Å²) in [6.45, 7) is 0.576. The number of terminal acetylenes is 1. The molecule has 2 aromatic carbocycles. The van der Waals surface area contributed by atoms with Gasteiger partial charge in [-0.2, -0.15) is 0 Å². The summed E-state index contributed by atoms with van der Waals surface area (Å²) in [5.74, 6) is 1.02. The minimum atomic E-state index is -0.963. The van der Waals surface area contributed by atoms with Crippen LogP contribution < -0.4 is 5.32 Å². The summed E-state index contributed by atoms with van der Waals surface area (Å²) in [5, 5.41) is 11.8. The van der Waals surface area contributed by atoms with E-state index in [-0.39, 0.29) is 31.3 Å². The monoisotopic (exact) mass is 460 g/mol. The second kappa shape index (κ2) is 10.4. The Morgan fingerprint density at radius 3 is 2.35 bits per heavy atom. The number of aliphatic carboxylic acids is 1. The summed E-state index contributed by atoms with van der Waals surface area (Å²) in [5.41, 5.74) is 4.44. The number of likely N-dealkylation sites (tertiary alicyclic amines) is 1. The second-order valence-electron chi connectivity index (χ2n) is 8.71. The van der Waals surface area contributed by atoms with Gasteiger partial charge in [0.1, 0.15) is 12.6 Å². The first kappa shape index (κ1) is 23.4.